The highest BCUT2D eigenvalue weighted by molar-refractivity contribution is 9.10. The predicted molar refractivity (Wildman–Crippen MR) is 92.8 cm³/mol. The maximum Gasteiger partial charge on any atom is 0.131 e. The van der Waals surface area contributed by atoms with Crippen molar-refractivity contribution in [1.82, 2.24) is 14.9 Å². The molecule has 0 bridgehead atoms. The fraction of sp³-hybridized carbons (Fsp3) is 0.412. The van der Waals surface area contributed by atoms with E-state index in [0.29, 0.717) is 12.6 Å². The number of likely N-dealkylation sites (N-methyl/N-ethyl adjacent to an activating group) is 1. The third kappa shape index (κ3) is 4.06. The Kier molecular flexibility index (Phi) is 5.23. The number of halogens is 2. The van der Waals surface area contributed by atoms with E-state index in [1.165, 1.54) is 6.07 Å². The summed E-state index contributed by atoms with van der Waals surface area (Å²) in [5, 5.41) is 0. The molecule has 1 aliphatic rings. The van der Waals surface area contributed by atoms with Gasteiger partial charge in [-0.1, -0.05) is 22.0 Å². The molecule has 1 saturated heterocycles. The van der Waals surface area contributed by atoms with Crippen molar-refractivity contribution >= 4 is 21.7 Å². The van der Waals surface area contributed by atoms with Crippen molar-refractivity contribution in [1.29, 1.82) is 0 Å². The first-order chi connectivity index (χ1) is 11.1. The molecule has 4 nitrogen and oxygen atoms in total. The van der Waals surface area contributed by atoms with Gasteiger partial charge in [0.05, 0.1) is 0 Å². The van der Waals surface area contributed by atoms with Gasteiger partial charge < -0.3 is 4.90 Å². The molecule has 0 aliphatic carbocycles. The van der Waals surface area contributed by atoms with Gasteiger partial charge in [0.2, 0.25) is 0 Å². The van der Waals surface area contributed by atoms with Crippen LogP contribution in [0, 0.1) is 5.82 Å². The van der Waals surface area contributed by atoms with E-state index < -0.39 is 0 Å². The summed E-state index contributed by atoms with van der Waals surface area (Å²) in [4.78, 5) is 12.8. The Morgan fingerprint density at radius 3 is 3.00 bits per heavy atom. The van der Waals surface area contributed by atoms with Gasteiger partial charge >= 0.3 is 0 Å². The van der Waals surface area contributed by atoms with Crippen LogP contribution in [0.3, 0.4) is 0 Å². The summed E-state index contributed by atoms with van der Waals surface area (Å²) in [6.07, 6.45) is 5.57. The van der Waals surface area contributed by atoms with Crippen LogP contribution in [0.15, 0.2) is 41.3 Å². The Morgan fingerprint density at radius 2 is 2.26 bits per heavy atom. The molecule has 1 aromatic heterocycles. The van der Waals surface area contributed by atoms with Crippen molar-refractivity contribution < 1.29 is 4.39 Å². The van der Waals surface area contributed by atoms with Gasteiger partial charge in [-0.15, -0.1) is 0 Å². The minimum absolute atomic E-state index is 0.148. The van der Waals surface area contributed by atoms with Crippen molar-refractivity contribution in [3.05, 3.63) is 52.6 Å². The van der Waals surface area contributed by atoms with Crippen LogP contribution in [0.2, 0.25) is 0 Å². The molecule has 2 heterocycles. The van der Waals surface area contributed by atoms with E-state index in [9.17, 15) is 4.39 Å². The van der Waals surface area contributed by atoms with Gasteiger partial charge in [0, 0.05) is 42.4 Å². The average Bonchev–Trinajstić information content (AvgIpc) is 2.58. The average molecular weight is 379 g/mol. The molecule has 23 heavy (non-hydrogen) atoms. The number of nitrogens with zero attached hydrogens (tertiary/aromatic N) is 4. The van der Waals surface area contributed by atoms with Crippen molar-refractivity contribution in [2.24, 2.45) is 0 Å². The zero-order chi connectivity index (χ0) is 16.2. The van der Waals surface area contributed by atoms with E-state index in [2.05, 4.69) is 42.7 Å². The summed E-state index contributed by atoms with van der Waals surface area (Å²) < 4.78 is 14.8. The normalized spacial score (nSPS) is 18.8. The second-order valence-electron chi connectivity index (χ2n) is 5.95. The fourth-order valence-corrected chi connectivity index (χ4v) is 3.39. The number of hydrogen-bond acceptors (Lipinski definition) is 4. The zero-order valence-electron chi connectivity index (χ0n) is 13.1. The standard InChI is InChI=1S/C17H20BrFN4/c1-22(17-6-7-20-12-21-17)15-3-2-8-23(11-15)10-13-4-5-14(18)9-16(13)19/h4-7,9,12,15H,2-3,8,10-11H2,1H3. The van der Waals surface area contributed by atoms with Gasteiger partial charge in [-0.2, -0.15) is 0 Å². The van der Waals surface area contributed by atoms with Gasteiger partial charge in [0.15, 0.2) is 0 Å². The Balaban J connectivity index is 1.66. The molecular formula is C17H20BrFN4. The first-order valence-electron chi connectivity index (χ1n) is 7.78. The quantitative estimate of drug-likeness (QED) is 0.814. The van der Waals surface area contributed by atoms with E-state index in [1.807, 2.05) is 18.2 Å². The minimum Gasteiger partial charge on any atom is -0.355 e. The predicted octanol–water partition coefficient (Wildman–Crippen LogP) is 3.48. The van der Waals surface area contributed by atoms with E-state index >= 15 is 0 Å². The van der Waals surface area contributed by atoms with Crippen molar-refractivity contribution in [2.75, 3.05) is 25.0 Å². The first kappa shape index (κ1) is 16.3. The molecule has 3 rings (SSSR count). The number of benzene rings is 1. The molecule has 1 aliphatic heterocycles. The molecule has 1 aromatic carbocycles. The lowest BCUT2D eigenvalue weighted by Gasteiger charge is -2.38. The minimum atomic E-state index is -0.148. The van der Waals surface area contributed by atoms with Crippen LogP contribution in [0.25, 0.3) is 0 Å². The van der Waals surface area contributed by atoms with Crippen LogP contribution in [-0.2, 0) is 6.54 Å². The Labute approximate surface area is 144 Å². The van der Waals surface area contributed by atoms with Crippen LogP contribution in [0.1, 0.15) is 18.4 Å². The lowest BCUT2D eigenvalue weighted by atomic mass is 10.0. The summed E-state index contributed by atoms with van der Waals surface area (Å²) in [5.41, 5.74) is 0.749. The summed E-state index contributed by atoms with van der Waals surface area (Å²) in [6, 6.07) is 7.60. The summed E-state index contributed by atoms with van der Waals surface area (Å²) in [5.74, 6) is 0.785. The molecule has 2 aromatic rings. The Bertz CT molecular complexity index is 652. The monoisotopic (exact) mass is 378 g/mol. The number of hydrogen-bond donors (Lipinski definition) is 0. The Hall–Kier alpha value is -1.53. The van der Waals surface area contributed by atoms with Gasteiger partial charge in [-0.3, -0.25) is 4.90 Å². The molecule has 6 heteroatoms. The van der Waals surface area contributed by atoms with E-state index in [1.54, 1.807) is 12.5 Å². The van der Waals surface area contributed by atoms with Crippen molar-refractivity contribution in [2.45, 2.75) is 25.4 Å². The van der Waals surface area contributed by atoms with Crippen LogP contribution in [-0.4, -0.2) is 41.0 Å². The second-order valence-corrected chi connectivity index (χ2v) is 6.86. The first-order valence-corrected chi connectivity index (χ1v) is 8.58. The lowest BCUT2D eigenvalue weighted by Crippen LogP contribution is -2.46. The maximum atomic E-state index is 14.0. The maximum absolute atomic E-state index is 14.0. The summed E-state index contributed by atoms with van der Waals surface area (Å²) >= 11 is 3.30. The number of likely N-dealkylation sites (tertiary alicyclic amines) is 1. The smallest absolute Gasteiger partial charge is 0.131 e. The SMILES string of the molecule is CN(c1ccncn1)C1CCCN(Cc2ccc(Br)cc2F)C1. The van der Waals surface area contributed by atoms with Crippen molar-refractivity contribution in [3.8, 4) is 0 Å². The highest BCUT2D eigenvalue weighted by Crippen LogP contribution is 2.22. The van der Waals surface area contributed by atoms with E-state index in [0.717, 1.165) is 41.8 Å². The molecular weight excluding hydrogens is 359 g/mol. The fourth-order valence-electron chi connectivity index (χ4n) is 3.06. The van der Waals surface area contributed by atoms with Crippen LogP contribution >= 0.6 is 15.9 Å². The Morgan fingerprint density at radius 1 is 1.39 bits per heavy atom. The van der Waals surface area contributed by atoms with Crippen LogP contribution in [0.5, 0.6) is 0 Å². The molecule has 0 saturated carbocycles. The third-order valence-electron chi connectivity index (χ3n) is 4.37. The highest BCUT2D eigenvalue weighted by atomic mass is 79.9. The summed E-state index contributed by atoms with van der Waals surface area (Å²) in [6.45, 7) is 2.56. The molecule has 0 spiro atoms. The number of piperidine rings is 1. The molecule has 0 radical (unpaired) electrons. The second kappa shape index (κ2) is 7.36. The lowest BCUT2D eigenvalue weighted by molar-refractivity contribution is 0.196. The van der Waals surface area contributed by atoms with Crippen molar-refractivity contribution in [3.63, 3.8) is 0 Å². The largest absolute Gasteiger partial charge is 0.355 e. The van der Waals surface area contributed by atoms with Crippen LogP contribution in [0.4, 0.5) is 10.2 Å². The number of aromatic nitrogens is 2. The van der Waals surface area contributed by atoms with Gasteiger partial charge in [-0.25, -0.2) is 14.4 Å². The summed E-state index contributed by atoms with van der Waals surface area (Å²) in [7, 11) is 2.07. The van der Waals surface area contributed by atoms with E-state index in [4.69, 9.17) is 0 Å². The van der Waals surface area contributed by atoms with E-state index in [-0.39, 0.29) is 5.82 Å². The van der Waals surface area contributed by atoms with Crippen LogP contribution < -0.4 is 4.90 Å². The third-order valence-corrected chi connectivity index (χ3v) is 4.86. The van der Waals surface area contributed by atoms with Gasteiger partial charge in [0.1, 0.15) is 18.0 Å². The molecule has 1 atom stereocenters. The molecule has 1 unspecified atom stereocenters. The molecule has 0 N–H and O–H groups in total. The van der Waals surface area contributed by atoms with Gasteiger partial charge in [0.25, 0.3) is 0 Å². The number of rotatable bonds is 4. The molecule has 1 fully saturated rings. The number of anilines is 1. The molecule has 0 amide bonds. The molecule has 122 valence electrons. The van der Waals surface area contributed by atoms with Gasteiger partial charge in [-0.05, 0) is 37.6 Å². The highest BCUT2D eigenvalue weighted by Gasteiger charge is 2.24. The topological polar surface area (TPSA) is 32.3 Å². The zero-order valence-corrected chi connectivity index (χ0v) is 14.7.